The van der Waals surface area contributed by atoms with Gasteiger partial charge in [0.15, 0.2) is 5.58 Å². The first kappa shape index (κ1) is 17.2. The highest BCUT2D eigenvalue weighted by Crippen LogP contribution is 2.38. The predicted octanol–water partition coefficient (Wildman–Crippen LogP) is 5.48. The van der Waals surface area contributed by atoms with E-state index in [1.54, 1.807) is 17.4 Å². The number of nitrogens with two attached hydrogens (primary N) is 1. The Balaban J connectivity index is 1.60. The lowest BCUT2D eigenvalue weighted by atomic mass is 10.1. The predicted molar refractivity (Wildman–Crippen MR) is 105 cm³/mol. The summed E-state index contributed by atoms with van der Waals surface area (Å²) in [5.41, 5.74) is 8.28. The number of thiophene rings is 1. The fraction of sp³-hybridized carbons (Fsp3) is 0.389. The maximum Gasteiger partial charge on any atom is 0.177 e. The first-order chi connectivity index (χ1) is 12.1. The van der Waals surface area contributed by atoms with E-state index in [9.17, 15) is 0 Å². The molecule has 1 fully saturated rings. The van der Waals surface area contributed by atoms with Gasteiger partial charge >= 0.3 is 0 Å². The molecule has 1 aliphatic carbocycles. The molecule has 7 heteroatoms. The molecule has 3 heterocycles. The minimum Gasteiger partial charge on any atom is -0.455 e. The Labute approximate surface area is 160 Å². The van der Waals surface area contributed by atoms with E-state index in [2.05, 4.69) is 21.7 Å². The fourth-order valence-corrected chi connectivity index (χ4v) is 4.10. The van der Waals surface area contributed by atoms with Crippen LogP contribution in [0.15, 0.2) is 28.0 Å². The lowest BCUT2D eigenvalue weighted by molar-refractivity contribution is 0.487. The number of rotatable bonds is 7. The number of fused-ring (bicyclic) bond motifs is 1. The van der Waals surface area contributed by atoms with Crippen molar-refractivity contribution in [1.29, 1.82) is 0 Å². The summed E-state index contributed by atoms with van der Waals surface area (Å²) in [6.07, 6.45) is 4.21. The van der Waals surface area contributed by atoms with Crippen LogP contribution < -0.4 is 11.1 Å². The maximum absolute atomic E-state index is 6.50. The molecule has 0 aromatic carbocycles. The number of halogens is 2. The summed E-state index contributed by atoms with van der Waals surface area (Å²) < 4.78 is 6.04. The Morgan fingerprint density at radius 2 is 2.24 bits per heavy atom. The highest BCUT2D eigenvalue weighted by atomic mass is 35.5. The highest BCUT2D eigenvalue weighted by molar-refractivity contribution is 7.09. The third-order valence-electron chi connectivity index (χ3n) is 4.43. The molecule has 1 aliphatic rings. The van der Waals surface area contributed by atoms with Crippen molar-refractivity contribution >= 4 is 51.3 Å². The average Bonchev–Trinajstić information content (AvgIpc) is 3.13. The zero-order valence-electron chi connectivity index (χ0n) is 13.6. The number of nitrogens with one attached hydrogen (secondary N) is 1. The fourth-order valence-electron chi connectivity index (χ4n) is 3.02. The second-order valence-electron chi connectivity index (χ2n) is 6.59. The molecule has 0 unspecified atom stereocenters. The highest BCUT2D eigenvalue weighted by Gasteiger charge is 2.26. The van der Waals surface area contributed by atoms with Crippen LogP contribution in [0.1, 0.15) is 29.9 Å². The largest absolute Gasteiger partial charge is 0.455 e. The molecule has 4 nitrogen and oxygen atoms in total. The van der Waals surface area contributed by atoms with E-state index in [4.69, 9.17) is 33.4 Å². The Kier molecular flexibility index (Phi) is 4.91. The second-order valence-corrected chi connectivity index (χ2v) is 8.38. The van der Waals surface area contributed by atoms with Gasteiger partial charge in [-0.05, 0) is 23.8 Å². The van der Waals surface area contributed by atoms with E-state index in [1.807, 2.05) is 6.07 Å². The van der Waals surface area contributed by atoms with Gasteiger partial charge in [0, 0.05) is 30.0 Å². The van der Waals surface area contributed by atoms with Crippen molar-refractivity contribution in [2.24, 2.45) is 11.7 Å². The number of hydrogen-bond acceptors (Lipinski definition) is 5. The average molecular weight is 396 g/mol. The van der Waals surface area contributed by atoms with Crippen molar-refractivity contribution in [2.45, 2.75) is 38.3 Å². The third kappa shape index (κ3) is 3.95. The number of aromatic nitrogens is 1. The van der Waals surface area contributed by atoms with Gasteiger partial charge in [-0.25, -0.2) is 4.98 Å². The number of nitrogens with zero attached hydrogens (tertiary/aromatic N) is 1. The molecule has 0 amide bonds. The summed E-state index contributed by atoms with van der Waals surface area (Å²) in [6.45, 7) is 0.696. The van der Waals surface area contributed by atoms with Crippen molar-refractivity contribution in [1.82, 2.24) is 4.98 Å². The summed E-state index contributed by atoms with van der Waals surface area (Å²) in [4.78, 5) is 5.57. The van der Waals surface area contributed by atoms with Crippen LogP contribution in [0.3, 0.4) is 0 Å². The standard InChI is InChI=1S/C18H19Cl2N3OS/c19-15-8-13(22-9-12-2-1-5-25-12)18-17(23-15)16(20)14(24-18)7-11(21)6-10-3-4-10/h1-2,5,8,10-11H,3-4,6-7,9,21H2,(H,22,23)/t11-/m0/s1. The van der Waals surface area contributed by atoms with Crippen LogP contribution in [0, 0.1) is 5.92 Å². The molecule has 0 spiro atoms. The molecule has 1 atom stereocenters. The number of hydrogen-bond donors (Lipinski definition) is 2. The van der Waals surface area contributed by atoms with E-state index in [0.717, 1.165) is 18.0 Å². The normalized spacial score (nSPS) is 15.6. The first-order valence-electron chi connectivity index (χ1n) is 8.39. The molecular weight excluding hydrogens is 377 g/mol. The van der Waals surface area contributed by atoms with Gasteiger partial charge in [0.05, 0.1) is 5.69 Å². The van der Waals surface area contributed by atoms with Gasteiger partial charge in [0.1, 0.15) is 21.5 Å². The van der Waals surface area contributed by atoms with Crippen LogP contribution in [0.25, 0.3) is 11.1 Å². The second kappa shape index (κ2) is 7.16. The third-order valence-corrected chi connectivity index (χ3v) is 5.89. The summed E-state index contributed by atoms with van der Waals surface area (Å²) in [7, 11) is 0. The smallest absolute Gasteiger partial charge is 0.177 e. The molecule has 4 rings (SSSR count). The van der Waals surface area contributed by atoms with Crippen LogP contribution >= 0.6 is 34.5 Å². The molecule has 3 N–H and O–H groups in total. The topological polar surface area (TPSA) is 64.1 Å². The van der Waals surface area contributed by atoms with E-state index < -0.39 is 0 Å². The van der Waals surface area contributed by atoms with Gasteiger partial charge in [-0.3, -0.25) is 0 Å². The minimum absolute atomic E-state index is 0.0589. The molecule has 0 bridgehead atoms. The van der Waals surface area contributed by atoms with Gasteiger partial charge < -0.3 is 15.5 Å². The van der Waals surface area contributed by atoms with Crippen molar-refractivity contribution in [3.63, 3.8) is 0 Å². The van der Waals surface area contributed by atoms with Gasteiger partial charge in [-0.1, -0.05) is 42.1 Å². The van der Waals surface area contributed by atoms with Gasteiger partial charge in [-0.2, -0.15) is 0 Å². The summed E-state index contributed by atoms with van der Waals surface area (Å²) >= 11 is 14.4. The first-order valence-corrected chi connectivity index (χ1v) is 10.0. The molecule has 3 aromatic heterocycles. The minimum atomic E-state index is 0.0589. The molecule has 132 valence electrons. The summed E-state index contributed by atoms with van der Waals surface area (Å²) in [6, 6.07) is 5.93. The van der Waals surface area contributed by atoms with Crippen LogP contribution in [-0.4, -0.2) is 11.0 Å². The zero-order chi connectivity index (χ0) is 17.4. The Morgan fingerprint density at radius 1 is 1.40 bits per heavy atom. The van der Waals surface area contributed by atoms with E-state index >= 15 is 0 Å². The van der Waals surface area contributed by atoms with Crippen LogP contribution in [0.2, 0.25) is 10.2 Å². The van der Waals surface area contributed by atoms with E-state index in [1.165, 1.54) is 17.7 Å². The quantitative estimate of drug-likeness (QED) is 0.519. The van der Waals surface area contributed by atoms with Crippen LogP contribution in [0.5, 0.6) is 0 Å². The van der Waals surface area contributed by atoms with Crippen molar-refractivity contribution in [3.8, 4) is 0 Å². The maximum atomic E-state index is 6.50. The van der Waals surface area contributed by atoms with Gasteiger partial charge in [-0.15, -0.1) is 11.3 Å². The monoisotopic (exact) mass is 395 g/mol. The van der Waals surface area contributed by atoms with Gasteiger partial charge in [0.25, 0.3) is 0 Å². The van der Waals surface area contributed by atoms with Crippen LogP contribution in [0.4, 0.5) is 5.69 Å². The van der Waals surface area contributed by atoms with Crippen molar-refractivity contribution < 1.29 is 4.42 Å². The lowest BCUT2D eigenvalue weighted by Crippen LogP contribution is -2.23. The van der Waals surface area contributed by atoms with E-state index in [0.29, 0.717) is 40.0 Å². The molecule has 0 radical (unpaired) electrons. The molecule has 1 saturated carbocycles. The Bertz CT molecular complexity index is 874. The Hall–Kier alpha value is -1.27. The van der Waals surface area contributed by atoms with Crippen LogP contribution in [-0.2, 0) is 13.0 Å². The number of pyridine rings is 1. The van der Waals surface area contributed by atoms with E-state index in [-0.39, 0.29) is 6.04 Å². The van der Waals surface area contributed by atoms with Gasteiger partial charge in [0.2, 0.25) is 0 Å². The number of furan rings is 1. The molecule has 25 heavy (non-hydrogen) atoms. The molecule has 3 aromatic rings. The lowest BCUT2D eigenvalue weighted by Gasteiger charge is -2.08. The Morgan fingerprint density at radius 3 is 2.96 bits per heavy atom. The molecular formula is C18H19Cl2N3OS. The van der Waals surface area contributed by atoms with Crippen molar-refractivity contribution in [3.05, 3.63) is 44.4 Å². The molecule has 0 aliphatic heterocycles. The van der Waals surface area contributed by atoms with Crippen molar-refractivity contribution in [2.75, 3.05) is 5.32 Å². The SMILES string of the molecule is N[C@H](Cc1oc2c(NCc3cccs3)cc(Cl)nc2c1Cl)CC1CC1. The molecule has 0 saturated heterocycles. The number of anilines is 1. The zero-order valence-corrected chi connectivity index (χ0v) is 15.9. The summed E-state index contributed by atoms with van der Waals surface area (Å²) in [5.74, 6) is 1.47. The summed E-state index contributed by atoms with van der Waals surface area (Å²) in [5, 5.41) is 6.32.